The van der Waals surface area contributed by atoms with E-state index in [0.717, 1.165) is 24.2 Å². The number of Topliss-reactive ketones (excluding diaryl/α,β-unsaturated/α-hetero) is 1. The number of carboxylic acids is 1. The van der Waals surface area contributed by atoms with Crippen LogP contribution in [0.3, 0.4) is 0 Å². The number of nitrogens with zero attached hydrogens (tertiary/aromatic N) is 1. The van der Waals surface area contributed by atoms with Crippen LogP contribution in [0, 0.1) is 0 Å². The highest BCUT2D eigenvalue weighted by Gasteiger charge is 2.22. The summed E-state index contributed by atoms with van der Waals surface area (Å²) >= 11 is 0. The highest BCUT2D eigenvalue weighted by Crippen LogP contribution is 2.23. The van der Waals surface area contributed by atoms with E-state index in [-0.39, 0.29) is 24.5 Å². The summed E-state index contributed by atoms with van der Waals surface area (Å²) in [6, 6.07) is 4.86. The van der Waals surface area contributed by atoms with Gasteiger partial charge in [0.25, 0.3) is 0 Å². The van der Waals surface area contributed by atoms with Crippen LogP contribution in [0.1, 0.15) is 47.7 Å². The second kappa shape index (κ2) is 6.73. The Balaban J connectivity index is 1.92. The summed E-state index contributed by atoms with van der Waals surface area (Å²) in [4.78, 5) is 36.1. The van der Waals surface area contributed by atoms with Gasteiger partial charge in [-0.15, -0.1) is 0 Å². The quantitative estimate of drug-likeness (QED) is 0.816. The molecule has 1 unspecified atom stereocenters. The Labute approximate surface area is 129 Å². The van der Waals surface area contributed by atoms with Gasteiger partial charge in [-0.1, -0.05) is 12.1 Å². The van der Waals surface area contributed by atoms with Crippen molar-refractivity contribution in [2.75, 3.05) is 7.05 Å². The van der Waals surface area contributed by atoms with E-state index in [0.29, 0.717) is 5.56 Å². The van der Waals surface area contributed by atoms with E-state index in [1.54, 1.807) is 0 Å². The zero-order chi connectivity index (χ0) is 16.3. The van der Waals surface area contributed by atoms with Gasteiger partial charge in [0.1, 0.15) is 6.04 Å². The molecular weight excluding hydrogens is 282 g/mol. The van der Waals surface area contributed by atoms with Crippen LogP contribution in [-0.4, -0.2) is 40.8 Å². The number of carbonyl (C=O) groups excluding carboxylic acids is 2. The summed E-state index contributed by atoms with van der Waals surface area (Å²) in [5, 5.41) is 8.89. The molecule has 0 saturated carbocycles. The number of benzene rings is 1. The highest BCUT2D eigenvalue weighted by atomic mass is 16.4. The molecule has 1 aromatic rings. The van der Waals surface area contributed by atoms with Crippen LogP contribution in [0.2, 0.25) is 0 Å². The van der Waals surface area contributed by atoms with Gasteiger partial charge in [-0.05, 0) is 43.4 Å². The normalized spacial score (nSPS) is 14.3. The van der Waals surface area contributed by atoms with E-state index in [9.17, 15) is 14.4 Å². The van der Waals surface area contributed by atoms with Crippen LogP contribution in [-0.2, 0) is 22.4 Å². The summed E-state index contributed by atoms with van der Waals surface area (Å²) in [6.07, 6.45) is 3.34. The molecule has 5 nitrogen and oxygen atoms in total. The van der Waals surface area contributed by atoms with Gasteiger partial charge < -0.3 is 10.0 Å². The number of amides is 1. The number of ketones is 1. The predicted molar refractivity (Wildman–Crippen MR) is 81.9 cm³/mol. The molecule has 1 amide bonds. The Hall–Kier alpha value is -2.17. The first kappa shape index (κ1) is 16.2. The molecule has 0 saturated heterocycles. The van der Waals surface area contributed by atoms with Crippen molar-refractivity contribution < 1.29 is 19.5 Å². The first-order valence-electron chi connectivity index (χ1n) is 7.53. The number of aryl methyl sites for hydroxylation is 2. The maximum Gasteiger partial charge on any atom is 0.326 e. The number of carboxylic acid groups (broad SMARTS) is 1. The molecule has 0 aromatic heterocycles. The molecule has 0 aliphatic heterocycles. The van der Waals surface area contributed by atoms with Crippen molar-refractivity contribution in [2.24, 2.45) is 0 Å². The van der Waals surface area contributed by atoms with E-state index >= 15 is 0 Å². The van der Waals surface area contributed by atoms with Gasteiger partial charge in [0.05, 0.1) is 0 Å². The zero-order valence-corrected chi connectivity index (χ0v) is 13.0. The lowest BCUT2D eigenvalue weighted by Gasteiger charge is -2.21. The van der Waals surface area contributed by atoms with Gasteiger partial charge in [-0.3, -0.25) is 9.59 Å². The molecule has 1 N–H and O–H groups in total. The minimum atomic E-state index is -1.05. The fraction of sp³-hybridized carbons (Fsp3) is 0.471. The molecule has 1 atom stereocenters. The molecule has 0 bridgehead atoms. The number of hydrogen-bond acceptors (Lipinski definition) is 3. The average molecular weight is 303 g/mol. The van der Waals surface area contributed by atoms with E-state index < -0.39 is 12.0 Å². The van der Waals surface area contributed by atoms with Crippen LogP contribution in [0.4, 0.5) is 0 Å². The number of rotatable bonds is 6. The summed E-state index contributed by atoms with van der Waals surface area (Å²) in [7, 11) is 1.45. The van der Waals surface area contributed by atoms with Crippen LogP contribution in [0.15, 0.2) is 18.2 Å². The monoisotopic (exact) mass is 303 g/mol. The Kier molecular flexibility index (Phi) is 4.96. The second-order valence-electron chi connectivity index (χ2n) is 5.78. The van der Waals surface area contributed by atoms with Crippen LogP contribution in [0.5, 0.6) is 0 Å². The van der Waals surface area contributed by atoms with Crippen LogP contribution >= 0.6 is 0 Å². The Morgan fingerprint density at radius 3 is 2.55 bits per heavy atom. The molecule has 1 aromatic carbocycles. The first-order valence-corrected chi connectivity index (χ1v) is 7.53. The smallest absolute Gasteiger partial charge is 0.326 e. The predicted octanol–water partition coefficient (Wildman–Crippen LogP) is 2.07. The fourth-order valence-electron chi connectivity index (χ4n) is 2.67. The van der Waals surface area contributed by atoms with Crippen molar-refractivity contribution in [3.8, 4) is 0 Å². The third kappa shape index (κ3) is 3.53. The SMILES string of the molecule is CC(C(=O)O)N(C)C(=O)CCC(=O)c1ccc2c(c1)CCC2. The minimum absolute atomic E-state index is 0.0318. The van der Waals surface area contributed by atoms with E-state index in [1.165, 1.54) is 25.1 Å². The molecule has 22 heavy (non-hydrogen) atoms. The van der Waals surface area contributed by atoms with Crippen molar-refractivity contribution in [2.45, 2.75) is 45.1 Å². The standard InChI is InChI=1S/C17H21NO4/c1-11(17(21)22)18(2)16(20)9-8-15(19)14-7-6-12-4-3-5-13(12)10-14/h6-7,10-11H,3-5,8-9H2,1-2H3,(H,21,22). The Morgan fingerprint density at radius 1 is 1.18 bits per heavy atom. The number of likely N-dealkylation sites (N-methyl/N-ethyl adjacent to an activating group) is 1. The lowest BCUT2D eigenvalue weighted by atomic mass is 10.0. The van der Waals surface area contributed by atoms with Crippen molar-refractivity contribution >= 4 is 17.7 Å². The molecule has 0 spiro atoms. The third-order valence-electron chi connectivity index (χ3n) is 4.32. The van der Waals surface area contributed by atoms with Crippen molar-refractivity contribution in [1.82, 2.24) is 4.90 Å². The number of carbonyl (C=O) groups is 3. The van der Waals surface area contributed by atoms with E-state index in [4.69, 9.17) is 5.11 Å². The molecule has 0 radical (unpaired) electrons. The number of fused-ring (bicyclic) bond motifs is 1. The van der Waals surface area contributed by atoms with Gasteiger partial charge in [0.2, 0.25) is 5.91 Å². The van der Waals surface area contributed by atoms with Gasteiger partial charge in [-0.25, -0.2) is 4.79 Å². The highest BCUT2D eigenvalue weighted by molar-refractivity contribution is 5.98. The summed E-state index contributed by atoms with van der Waals surface area (Å²) in [5.41, 5.74) is 3.18. The molecule has 0 heterocycles. The van der Waals surface area contributed by atoms with Crippen LogP contribution in [0.25, 0.3) is 0 Å². The van der Waals surface area contributed by atoms with Crippen molar-refractivity contribution in [3.63, 3.8) is 0 Å². The van der Waals surface area contributed by atoms with Gasteiger partial charge in [0, 0.05) is 25.5 Å². The molecule has 2 rings (SSSR count). The van der Waals surface area contributed by atoms with E-state index in [2.05, 4.69) is 0 Å². The average Bonchev–Trinajstić information content (AvgIpc) is 2.97. The molecule has 5 heteroatoms. The first-order chi connectivity index (χ1) is 10.4. The number of aliphatic carboxylic acids is 1. The lowest BCUT2D eigenvalue weighted by Crippen LogP contribution is -2.40. The molecule has 1 aliphatic rings. The fourth-order valence-corrected chi connectivity index (χ4v) is 2.67. The van der Waals surface area contributed by atoms with Crippen molar-refractivity contribution in [3.05, 3.63) is 34.9 Å². The summed E-state index contributed by atoms with van der Waals surface area (Å²) in [5.74, 6) is -1.45. The third-order valence-corrected chi connectivity index (χ3v) is 4.32. The molecule has 1 aliphatic carbocycles. The topological polar surface area (TPSA) is 74.7 Å². The largest absolute Gasteiger partial charge is 0.480 e. The van der Waals surface area contributed by atoms with Gasteiger partial charge >= 0.3 is 5.97 Å². The lowest BCUT2D eigenvalue weighted by molar-refractivity contribution is -0.148. The maximum absolute atomic E-state index is 12.2. The summed E-state index contributed by atoms with van der Waals surface area (Å²) in [6.45, 7) is 1.45. The minimum Gasteiger partial charge on any atom is -0.480 e. The Bertz CT molecular complexity index is 609. The second-order valence-corrected chi connectivity index (χ2v) is 5.78. The van der Waals surface area contributed by atoms with Gasteiger partial charge in [-0.2, -0.15) is 0 Å². The van der Waals surface area contributed by atoms with Gasteiger partial charge in [0.15, 0.2) is 5.78 Å². The number of hydrogen-bond donors (Lipinski definition) is 1. The molecular formula is C17H21NO4. The molecule has 0 fully saturated rings. The maximum atomic E-state index is 12.2. The van der Waals surface area contributed by atoms with Crippen LogP contribution < -0.4 is 0 Å². The van der Waals surface area contributed by atoms with Crippen molar-refractivity contribution in [1.29, 1.82) is 0 Å². The molecule has 118 valence electrons. The zero-order valence-electron chi connectivity index (χ0n) is 13.0. The Morgan fingerprint density at radius 2 is 1.86 bits per heavy atom. The summed E-state index contributed by atoms with van der Waals surface area (Å²) < 4.78 is 0. The van der Waals surface area contributed by atoms with E-state index in [1.807, 2.05) is 18.2 Å².